The molecule has 0 radical (unpaired) electrons. The normalized spacial score (nSPS) is 9.05. The number of nitrogens with zero attached hydrogens (tertiary/aromatic N) is 2. The second kappa shape index (κ2) is 8.14. The predicted molar refractivity (Wildman–Crippen MR) is 74.7 cm³/mol. The summed E-state index contributed by atoms with van der Waals surface area (Å²) >= 11 is 0. The first-order valence-corrected chi connectivity index (χ1v) is 6.35. The Balaban J connectivity index is 0.00000121. The monoisotopic (exact) mass is 329 g/mol. The summed E-state index contributed by atoms with van der Waals surface area (Å²) in [5.41, 5.74) is 4.06. The maximum absolute atomic E-state index is 8.80. The third-order valence-electron chi connectivity index (χ3n) is 3.18. The van der Waals surface area contributed by atoms with E-state index in [9.17, 15) is 0 Å². The summed E-state index contributed by atoms with van der Waals surface area (Å²) < 4.78 is 2.03. The van der Waals surface area contributed by atoms with E-state index in [0.717, 1.165) is 5.69 Å². The molecule has 2 aromatic heterocycles. The number of nitriles is 1. The molecule has 0 fully saturated rings. The average molecular weight is 330 g/mol. The molecule has 22 heavy (non-hydrogen) atoms. The van der Waals surface area contributed by atoms with E-state index < -0.39 is 0 Å². The Bertz CT molecular complexity index is 749. The van der Waals surface area contributed by atoms with Gasteiger partial charge in [-0.05, 0) is 23.3 Å². The van der Waals surface area contributed by atoms with Crippen molar-refractivity contribution >= 4 is 0 Å². The fraction of sp³-hybridized carbons (Fsp3) is 0. The lowest BCUT2D eigenvalue weighted by atomic mass is 10.1. The molecular weight excluding hydrogens is 317 g/mol. The molecule has 0 saturated carbocycles. The molecule has 0 aliphatic rings. The molecule has 0 unspecified atom stereocenters. The van der Waals surface area contributed by atoms with Gasteiger partial charge in [0.1, 0.15) is 0 Å². The number of rotatable bonds is 2. The molecule has 0 aliphatic carbocycles. The van der Waals surface area contributed by atoms with Crippen molar-refractivity contribution in [1.82, 2.24) is 0 Å². The van der Waals surface area contributed by atoms with Gasteiger partial charge in [0, 0.05) is 36.4 Å². The summed E-state index contributed by atoms with van der Waals surface area (Å²) in [6, 6.07) is 17.9. The summed E-state index contributed by atoms with van der Waals surface area (Å²) in [6.07, 6.45) is 7.87. The highest BCUT2D eigenvalue weighted by molar-refractivity contribution is 5.61. The first-order valence-electron chi connectivity index (χ1n) is 6.35. The Morgan fingerprint density at radius 2 is 1.32 bits per heavy atom. The van der Waals surface area contributed by atoms with E-state index in [2.05, 4.69) is 23.2 Å². The van der Waals surface area contributed by atoms with Gasteiger partial charge in [-0.1, -0.05) is 0 Å². The molecule has 1 aromatic carbocycles. The second-order valence-electron chi connectivity index (χ2n) is 4.44. The van der Waals surface area contributed by atoms with Crippen LogP contribution in [0.5, 0.6) is 0 Å². The molecule has 0 bridgehead atoms. The number of H-pyrrole nitrogens is 1. The largest absolute Gasteiger partial charge is 1.00 e. The number of hydrogen-bond acceptors (Lipinski definition) is 1. The molecule has 3 aromatic rings. The lowest BCUT2D eigenvalue weighted by molar-refractivity contribution is -0.595. The molecule has 1 N–H and O–H groups in total. The van der Waals surface area contributed by atoms with Crippen LogP contribution in [0.15, 0.2) is 73.3 Å². The Kier molecular flexibility index (Phi) is 6.52. The maximum atomic E-state index is 8.80. The van der Waals surface area contributed by atoms with E-state index in [1.165, 1.54) is 11.1 Å². The zero-order chi connectivity index (χ0) is 13.8. The molecule has 0 amide bonds. The summed E-state index contributed by atoms with van der Waals surface area (Å²) in [7, 11) is 0. The molecule has 0 atom stereocenters. The van der Waals surface area contributed by atoms with Crippen LogP contribution in [0.4, 0.5) is 0 Å². The van der Waals surface area contributed by atoms with Crippen LogP contribution in [-0.4, -0.2) is 0 Å². The van der Waals surface area contributed by atoms with Gasteiger partial charge in [0.05, 0.1) is 11.6 Å². The van der Waals surface area contributed by atoms with Gasteiger partial charge in [0.25, 0.3) is 0 Å². The number of halogens is 2. The summed E-state index contributed by atoms with van der Waals surface area (Å²) in [4.78, 5) is 3.02. The highest BCUT2D eigenvalue weighted by atomic mass is 35.5. The van der Waals surface area contributed by atoms with Gasteiger partial charge in [0.15, 0.2) is 24.8 Å². The number of nitrogens with one attached hydrogen (secondary N) is 1. The van der Waals surface area contributed by atoms with Crippen molar-refractivity contribution in [1.29, 1.82) is 5.26 Å². The summed E-state index contributed by atoms with van der Waals surface area (Å²) in [5, 5.41) is 8.80. The van der Waals surface area contributed by atoms with E-state index >= 15 is 0 Å². The van der Waals surface area contributed by atoms with Crippen LogP contribution in [0, 0.1) is 11.3 Å². The number of hydrogen-bond donors (Lipinski definition) is 0. The molecule has 3 rings (SSSR count). The standard InChI is InChI=1S/C17H12N3.2ClH/c18-13-14-1-3-17(4-2-14)20-11-7-16(8-12-20)15-5-9-19-10-6-15;;/h1-12H;2*1H/q+1;;/p-1. The minimum absolute atomic E-state index is 0. The Labute approximate surface area is 141 Å². The van der Waals surface area contributed by atoms with Crippen molar-refractivity contribution in [2.75, 3.05) is 0 Å². The third kappa shape index (κ3) is 3.82. The van der Waals surface area contributed by atoms with Gasteiger partial charge >= 0.3 is 0 Å². The van der Waals surface area contributed by atoms with Crippen molar-refractivity contribution in [2.45, 2.75) is 0 Å². The molecule has 0 spiro atoms. The van der Waals surface area contributed by atoms with Crippen LogP contribution in [-0.2, 0) is 0 Å². The smallest absolute Gasteiger partial charge is 0.210 e. The van der Waals surface area contributed by atoms with Crippen LogP contribution < -0.4 is 34.4 Å². The van der Waals surface area contributed by atoms with Gasteiger partial charge in [-0.25, -0.2) is 4.98 Å². The van der Waals surface area contributed by atoms with Gasteiger partial charge in [-0.15, -0.1) is 0 Å². The Morgan fingerprint density at radius 3 is 1.86 bits per heavy atom. The molecule has 0 saturated heterocycles. The molecule has 0 aliphatic heterocycles. The maximum Gasteiger partial charge on any atom is 0.210 e. The third-order valence-corrected chi connectivity index (χ3v) is 3.18. The van der Waals surface area contributed by atoms with E-state index in [0.29, 0.717) is 5.56 Å². The molecular formula is C17H13Cl2N3. The van der Waals surface area contributed by atoms with Crippen molar-refractivity contribution in [2.24, 2.45) is 0 Å². The zero-order valence-electron chi connectivity index (χ0n) is 11.6. The first kappa shape index (κ1) is 17.6. The fourth-order valence-corrected chi connectivity index (χ4v) is 2.08. The zero-order valence-corrected chi connectivity index (χ0v) is 13.1. The van der Waals surface area contributed by atoms with Crippen molar-refractivity contribution < 1.29 is 34.4 Å². The molecule has 2 heterocycles. The van der Waals surface area contributed by atoms with Crippen LogP contribution in [0.2, 0.25) is 0 Å². The van der Waals surface area contributed by atoms with Crippen molar-refractivity contribution in [3.05, 3.63) is 78.9 Å². The molecule has 3 nitrogen and oxygen atoms in total. The van der Waals surface area contributed by atoms with Crippen molar-refractivity contribution in [3.8, 4) is 22.9 Å². The van der Waals surface area contributed by atoms with Gasteiger partial charge in [0.2, 0.25) is 5.69 Å². The van der Waals surface area contributed by atoms with E-state index in [1.54, 1.807) is 0 Å². The summed E-state index contributed by atoms with van der Waals surface area (Å²) in [6.45, 7) is 0. The van der Waals surface area contributed by atoms with Crippen LogP contribution >= 0.6 is 0 Å². The van der Waals surface area contributed by atoms with Crippen molar-refractivity contribution in [3.63, 3.8) is 0 Å². The summed E-state index contributed by atoms with van der Waals surface area (Å²) in [5.74, 6) is 0. The lowest BCUT2D eigenvalue weighted by Crippen LogP contribution is -3.00. The average Bonchev–Trinajstić information content (AvgIpc) is 2.56. The number of aromatic nitrogens is 2. The number of benzene rings is 1. The van der Waals surface area contributed by atoms with Crippen LogP contribution in [0.1, 0.15) is 5.56 Å². The van der Waals surface area contributed by atoms with E-state index in [4.69, 9.17) is 5.26 Å². The minimum Gasteiger partial charge on any atom is -1.00 e. The van der Waals surface area contributed by atoms with E-state index in [1.807, 2.05) is 65.8 Å². The fourth-order valence-electron chi connectivity index (χ4n) is 2.08. The van der Waals surface area contributed by atoms with Crippen LogP contribution in [0.3, 0.4) is 0 Å². The number of pyridine rings is 2. The minimum atomic E-state index is 0. The van der Waals surface area contributed by atoms with Gasteiger partial charge in [-0.3, -0.25) is 0 Å². The Morgan fingerprint density at radius 1 is 0.773 bits per heavy atom. The van der Waals surface area contributed by atoms with Gasteiger partial charge < -0.3 is 24.8 Å². The van der Waals surface area contributed by atoms with Crippen LogP contribution in [0.25, 0.3) is 16.8 Å². The first-order chi connectivity index (χ1) is 9.86. The lowest BCUT2D eigenvalue weighted by Gasteiger charge is -1.99. The quantitative estimate of drug-likeness (QED) is 0.447. The highest BCUT2D eigenvalue weighted by Gasteiger charge is 2.06. The topological polar surface area (TPSA) is 41.8 Å². The molecule has 110 valence electrons. The van der Waals surface area contributed by atoms with Gasteiger partial charge in [-0.2, -0.15) is 9.83 Å². The Hall–Kier alpha value is -2.41. The molecule has 5 heteroatoms. The number of aromatic amines is 1. The van der Waals surface area contributed by atoms with E-state index in [-0.39, 0.29) is 24.8 Å². The highest BCUT2D eigenvalue weighted by Crippen LogP contribution is 2.15. The SMILES string of the molecule is N#Cc1ccc(-[n+]2ccc(-c3cc[nH+]cc3)cc2)cc1.[Cl-].[Cl-]. The second-order valence-corrected chi connectivity index (χ2v) is 4.44. The predicted octanol–water partition coefficient (Wildman–Crippen LogP) is -3.68.